The van der Waals surface area contributed by atoms with Crippen molar-refractivity contribution in [3.63, 3.8) is 0 Å². The van der Waals surface area contributed by atoms with Crippen molar-refractivity contribution >= 4 is 11.6 Å². The maximum atomic E-state index is 6.05. The maximum Gasteiger partial charge on any atom is 0.182 e. The van der Waals surface area contributed by atoms with Crippen LogP contribution in [0.3, 0.4) is 0 Å². The lowest BCUT2D eigenvalue weighted by Gasteiger charge is -1.96. The first-order valence-corrected chi connectivity index (χ1v) is 5.35. The minimum atomic E-state index is 0.670. The summed E-state index contributed by atoms with van der Waals surface area (Å²) in [6.07, 6.45) is 1.97. The zero-order valence-electron chi connectivity index (χ0n) is 8.50. The molecule has 3 nitrogen and oxygen atoms in total. The Morgan fingerprint density at radius 3 is 2.87 bits per heavy atom. The third kappa shape index (κ3) is 2.18. The molecule has 0 aliphatic carbocycles. The molecule has 2 aromatic rings. The van der Waals surface area contributed by atoms with Gasteiger partial charge in [0.15, 0.2) is 5.82 Å². The second-order valence-electron chi connectivity index (χ2n) is 3.34. The van der Waals surface area contributed by atoms with Gasteiger partial charge < -0.3 is 0 Å². The molecule has 0 unspecified atom stereocenters. The first-order valence-electron chi connectivity index (χ1n) is 4.97. The molecule has 0 spiro atoms. The van der Waals surface area contributed by atoms with E-state index in [1.165, 1.54) is 0 Å². The van der Waals surface area contributed by atoms with Gasteiger partial charge >= 0.3 is 0 Å². The molecule has 4 heteroatoms. The number of aryl methyl sites for hydroxylation is 1. The molecule has 0 aliphatic heterocycles. The van der Waals surface area contributed by atoms with Crippen molar-refractivity contribution in [2.24, 2.45) is 0 Å². The fraction of sp³-hybridized carbons (Fsp3) is 0.273. The molecule has 1 heterocycles. The van der Waals surface area contributed by atoms with Gasteiger partial charge in [0.05, 0.1) is 5.02 Å². The first kappa shape index (κ1) is 10.2. The SMILES string of the molecule is CCCc1nc(-c2ccccc2Cl)n[nH]1. The van der Waals surface area contributed by atoms with Gasteiger partial charge in [-0.25, -0.2) is 4.98 Å². The van der Waals surface area contributed by atoms with Gasteiger partial charge in [-0.2, -0.15) is 5.10 Å². The van der Waals surface area contributed by atoms with E-state index in [0.29, 0.717) is 10.8 Å². The highest BCUT2D eigenvalue weighted by Crippen LogP contribution is 2.24. The summed E-state index contributed by atoms with van der Waals surface area (Å²) < 4.78 is 0. The van der Waals surface area contributed by atoms with E-state index in [2.05, 4.69) is 22.1 Å². The third-order valence-electron chi connectivity index (χ3n) is 2.13. The lowest BCUT2D eigenvalue weighted by atomic mass is 10.2. The highest BCUT2D eigenvalue weighted by atomic mass is 35.5. The topological polar surface area (TPSA) is 41.6 Å². The number of halogens is 1. The number of H-pyrrole nitrogens is 1. The third-order valence-corrected chi connectivity index (χ3v) is 2.46. The number of nitrogens with zero attached hydrogens (tertiary/aromatic N) is 2. The fourth-order valence-electron chi connectivity index (χ4n) is 1.41. The van der Waals surface area contributed by atoms with Gasteiger partial charge in [-0.15, -0.1) is 0 Å². The monoisotopic (exact) mass is 221 g/mol. The van der Waals surface area contributed by atoms with Crippen molar-refractivity contribution in [3.05, 3.63) is 35.1 Å². The Hall–Kier alpha value is -1.35. The van der Waals surface area contributed by atoms with E-state index in [4.69, 9.17) is 11.6 Å². The van der Waals surface area contributed by atoms with Crippen molar-refractivity contribution in [2.75, 3.05) is 0 Å². The summed E-state index contributed by atoms with van der Waals surface area (Å²) in [7, 11) is 0. The minimum absolute atomic E-state index is 0.670. The van der Waals surface area contributed by atoms with Crippen LogP contribution in [-0.2, 0) is 6.42 Å². The summed E-state index contributed by atoms with van der Waals surface area (Å²) in [5, 5.41) is 7.74. The molecule has 0 radical (unpaired) electrons. The van der Waals surface area contributed by atoms with E-state index in [-0.39, 0.29) is 0 Å². The van der Waals surface area contributed by atoms with Crippen molar-refractivity contribution in [3.8, 4) is 11.4 Å². The Balaban J connectivity index is 2.33. The van der Waals surface area contributed by atoms with Crippen LogP contribution >= 0.6 is 11.6 Å². The molecule has 1 aromatic heterocycles. The smallest absolute Gasteiger partial charge is 0.182 e. The van der Waals surface area contributed by atoms with Gasteiger partial charge in [0.1, 0.15) is 5.82 Å². The van der Waals surface area contributed by atoms with Crippen LogP contribution in [-0.4, -0.2) is 15.2 Å². The lowest BCUT2D eigenvalue weighted by Crippen LogP contribution is -1.85. The van der Waals surface area contributed by atoms with Gasteiger partial charge in [-0.3, -0.25) is 5.10 Å². The largest absolute Gasteiger partial charge is 0.263 e. The summed E-state index contributed by atoms with van der Waals surface area (Å²) in [6.45, 7) is 2.11. The molecule has 0 aliphatic rings. The average molecular weight is 222 g/mol. The van der Waals surface area contributed by atoms with E-state index < -0.39 is 0 Å². The number of benzene rings is 1. The second kappa shape index (κ2) is 4.45. The molecular weight excluding hydrogens is 210 g/mol. The quantitative estimate of drug-likeness (QED) is 0.866. The van der Waals surface area contributed by atoms with Crippen LogP contribution in [0, 0.1) is 0 Å². The molecule has 15 heavy (non-hydrogen) atoms. The minimum Gasteiger partial charge on any atom is -0.263 e. The summed E-state index contributed by atoms with van der Waals surface area (Å²) >= 11 is 6.05. The van der Waals surface area contributed by atoms with E-state index >= 15 is 0 Å². The molecular formula is C11H12ClN3. The van der Waals surface area contributed by atoms with E-state index in [1.807, 2.05) is 24.3 Å². The van der Waals surface area contributed by atoms with Gasteiger partial charge in [-0.1, -0.05) is 30.7 Å². The number of aromatic nitrogens is 3. The zero-order chi connectivity index (χ0) is 10.7. The van der Waals surface area contributed by atoms with Crippen LogP contribution in [0.1, 0.15) is 19.2 Å². The number of rotatable bonds is 3. The summed E-state index contributed by atoms with van der Waals surface area (Å²) in [5.41, 5.74) is 0.873. The van der Waals surface area contributed by atoms with Crippen molar-refractivity contribution in [1.29, 1.82) is 0 Å². The Bertz CT molecular complexity index is 451. The Labute approximate surface area is 93.5 Å². The average Bonchev–Trinajstić information content (AvgIpc) is 2.68. The van der Waals surface area contributed by atoms with Gasteiger partial charge in [0.25, 0.3) is 0 Å². The Morgan fingerprint density at radius 1 is 1.33 bits per heavy atom. The molecule has 2 rings (SSSR count). The summed E-state index contributed by atoms with van der Waals surface area (Å²) in [4.78, 5) is 4.38. The molecule has 78 valence electrons. The Morgan fingerprint density at radius 2 is 2.13 bits per heavy atom. The fourth-order valence-corrected chi connectivity index (χ4v) is 1.63. The van der Waals surface area contributed by atoms with E-state index in [0.717, 1.165) is 24.2 Å². The molecule has 0 saturated heterocycles. The van der Waals surface area contributed by atoms with Crippen LogP contribution in [0.15, 0.2) is 24.3 Å². The molecule has 0 atom stereocenters. The number of nitrogens with one attached hydrogen (secondary N) is 1. The molecule has 0 fully saturated rings. The Kier molecular flexibility index (Phi) is 3.02. The van der Waals surface area contributed by atoms with E-state index in [9.17, 15) is 0 Å². The van der Waals surface area contributed by atoms with Crippen LogP contribution < -0.4 is 0 Å². The van der Waals surface area contributed by atoms with Crippen LogP contribution in [0.25, 0.3) is 11.4 Å². The molecule has 1 N–H and O–H groups in total. The first-order chi connectivity index (χ1) is 7.31. The van der Waals surface area contributed by atoms with Gasteiger partial charge in [0.2, 0.25) is 0 Å². The normalized spacial score (nSPS) is 10.5. The predicted octanol–water partition coefficient (Wildman–Crippen LogP) is 3.08. The van der Waals surface area contributed by atoms with Crippen molar-refractivity contribution in [2.45, 2.75) is 19.8 Å². The lowest BCUT2D eigenvalue weighted by molar-refractivity contribution is 0.841. The van der Waals surface area contributed by atoms with Crippen LogP contribution in [0.2, 0.25) is 5.02 Å². The number of hydrogen-bond donors (Lipinski definition) is 1. The highest BCUT2D eigenvalue weighted by Gasteiger charge is 2.07. The summed E-state index contributed by atoms with van der Waals surface area (Å²) in [5.74, 6) is 1.58. The predicted molar refractivity (Wildman–Crippen MR) is 60.8 cm³/mol. The molecule has 0 saturated carbocycles. The standard InChI is InChI=1S/C11H12ClN3/c1-2-5-10-13-11(15-14-10)8-6-3-4-7-9(8)12/h3-4,6-7H,2,5H2,1H3,(H,13,14,15). The van der Waals surface area contributed by atoms with Crippen molar-refractivity contribution < 1.29 is 0 Å². The van der Waals surface area contributed by atoms with Gasteiger partial charge in [0, 0.05) is 12.0 Å². The van der Waals surface area contributed by atoms with Crippen LogP contribution in [0.5, 0.6) is 0 Å². The van der Waals surface area contributed by atoms with Crippen LogP contribution in [0.4, 0.5) is 0 Å². The molecule has 0 bridgehead atoms. The number of hydrogen-bond acceptors (Lipinski definition) is 2. The van der Waals surface area contributed by atoms with E-state index in [1.54, 1.807) is 0 Å². The van der Waals surface area contributed by atoms with Crippen molar-refractivity contribution in [1.82, 2.24) is 15.2 Å². The molecule has 1 aromatic carbocycles. The number of aromatic amines is 1. The molecule has 0 amide bonds. The highest BCUT2D eigenvalue weighted by molar-refractivity contribution is 6.33. The summed E-state index contributed by atoms with van der Waals surface area (Å²) in [6, 6.07) is 7.58. The maximum absolute atomic E-state index is 6.05. The zero-order valence-corrected chi connectivity index (χ0v) is 9.25. The van der Waals surface area contributed by atoms with Gasteiger partial charge in [-0.05, 0) is 18.6 Å². The second-order valence-corrected chi connectivity index (χ2v) is 3.74.